The van der Waals surface area contributed by atoms with Crippen LogP contribution in [0.5, 0.6) is 0 Å². The van der Waals surface area contributed by atoms with Crippen LogP contribution < -0.4 is 10.3 Å². The Bertz CT molecular complexity index is 1060. The van der Waals surface area contributed by atoms with Crippen LogP contribution in [-0.2, 0) is 6.54 Å². The van der Waals surface area contributed by atoms with Gasteiger partial charge in [-0.2, -0.15) is 5.10 Å². The van der Waals surface area contributed by atoms with Crippen LogP contribution in [0.15, 0.2) is 23.3 Å². The van der Waals surface area contributed by atoms with Crippen LogP contribution in [-0.4, -0.2) is 35.3 Å². The highest BCUT2D eigenvalue weighted by atomic mass is 16.7. The molecule has 0 fully saturated rings. The molecule has 0 aliphatic rings. The fraction of sp³-hybridized carbons (Fsp3) is 0.182. The van der Waals surface area contributed by atoms with Gasteiger partial charge in [-0.25, -0.2) is 0 Å². The molecule has 0 aliphatic carbocycles. The molecule has 0 atom stereocenters. The molecule has 0 radical (unpaired) electrons. The number of benzene rings is 1. The largest absolute Gasteiger partial charge is 0.641 e. The molecule has 0 saturated heterocycles. The lowest BCUT2D eigenvalue weighted by atomic mass is 10.2. The maximum Gasteiger partial charge on any atom is 0.641 e. The van der Waals surface area contributed by atoms with E-state index in [1.807, 2.05) is 0 Å². The molecule has 2 aromatic rings. The molecule has 0 aliphatic heterocycles. The van der Waals surface area contributed by atoms with E-state index < -0.39 is 54.1 Å². The zero-order valence-corrected chi connectivity index (χ0v) is 14.2. The van der Waals surface area contributed by atoms with Gasteiger partial charge in [0.25, 0.3) is 5.69 Å². The van der Waals surface area contributed by atoms with Gasteiger partial charge in [0.15, 0.2) is 6.54 Å². The van der Waals surface area contributed by atoms with Crippen LogP contribution >= 0.6 is 0 Å². The Morgan fingerprint density at radius 2 is 1.76 bits per heavy atom. The van der Waals surface area contributed by atoms with E-state index in [4.69, 9.17) is 0 Å². The Morgan fingerprint density at radius 1 is 1.10 bits per heavy atom. The average Bonchev–Trinajstić information content (AvgIpc) is 2.96. The molecule has 1 heterocycles. The maximum atomic E-state index is 11.8. The van der Waals surface area contributed by atoms with Crippen molar-refractivity contribution in [2.24, 2.45) is 5.10 Å². The summed E-state index contributed by atoms with van der Waals surface area (Å²) in [7, 11) is 0. The summed E-state index contributed by atoms with van der Waals surface area (Å²) in [5, 5.41) is 62.1. The van der Waals surface area contributed by atoms with Crippen LogP contribution in [0, 0.1) is 45.7 Å². The molecule has 0 unspecified atom stereocenters. The van der Waals surface area contributed by atoms with Crippen LogP contribution in [0.3, 0.4) is 0 Å². The van der Waals surface area contributed by atoms with Crippen LogP contribution in [0.1, 0.15) is 6.92 Å². The molecule has 1 aromatic heterocycles. The minimum atomic E-state index is -1.39. The van der Waals surface area contributed by atoms with Crippen molar-refractivity contribution in [1.29, 1.82) is 0 Å². The standard InChI is InChI=1S/C11H9N9O9/c1-6(5-15-14-10(19(26)27)11(16(15)21)20(28)29)12-13-8-3-2-7(17(22)23)4-9(8)18(24)25/h2-4,13H,5H2,1H3. The third-order valence-corrected chi connectivity index (χ3v) is 3.27. The summed E-state index contributed by atoms with van der Waals surface area (Å²) in [5.74, 6) is -2.65. The second-order valence-corrected chi connectivity index (χ2v) is 5.24. The van der Waals surface area contributed by atoms with E-state index in [0.717, 1.165) is 12.1 Å². The van der Waals surface area contributed by atoms with Crippen molar-refractivity contribution >= 4 is 34.4 Å². The first kappa shape index (κ1) is 20.5. The number of non-ortho nitro benzene ring substituents is 1. The summed E-state index contributed by atoms with van der Waals surface area (Å²) >= 11 is 0. The molecular formula is C11H9N9O9. The van der Waals surface area contributed by atoms with Crippen molar-refractivity contribution in [3.8, 4) is 0 Å². The first-order valence-corrected chi connectivity index (χ1v) is 7.24. The summed E-state index contributed by atoms with van der Waals surface area (Å²) in [4.78, 5) is 39.1. The molecule has 18 nitrogen and oxygen atoms in total. The van der Waals surface area contributed by atoms with Gasteiger partial charge in [0.2, 0.25) is 0 Å². The van der Waals surface area contributed by atoms with Gasteiger partial charge < -0.3 is 15.3 Å². The van der Waals surface area contributed by atoms with Crippen molar-refractivity contribution in [1.82, 2.24) is 9.90 Å². The van der Waals surface area contributed by atoms with E-state index in [1.165, 1.54) is 6.92 Å². The Balaban J connectivity index is 2.29. The monoisotopic (exact) mass is 411 g/mol. The van der Waals surface area contributed by atoms with Gasteiger partial charge >= 0.3 is 17.3 Å². The van der Waals surface area contributed by atoms with E-state index in [0.29, 0.717) is 10.9 Å². The topological polar surface area (TPSA) is 242 Å². The number of aromatic nitrogens is 3. The molecule has 2 rings (SSSR count). The number of hydrazone groups is 1. The molecule has 1 aromatic carbocycles. The van der Waals surface area contributed by atoms with Crippen LogP contribution in [0.4, 0.5) is 28.7 Å². The predicted molar refractivity (Wildman–Crippen MR) is 91.0 cm³/mol. The Labute approximate surface area is 157 Å². The molecule has 18 heteroatoms. The van der Waals surface area contributed by atoms with E-state index in [1.54, 1.807) is 0 Å². The van der Waals surface area contributed by atoms with Gasteiger partial charge in [0.1, 0.15) is 15.7 Å². The Kier molecular flexibility index (Phi) is 5.56. The highest BCUT2D eigenvalue weighted by Gasteiger charge is 2.44. The quantitative estimate of drug-likeness (QED) is 0.207. The van der Waals surface area contributed by atoms with Crippen LogP contribution in [0.2, 0.25) is 0 Å². The van der Waals surface area contributed by atoms with Crippen molar-refractivity contribution < 1.29 is 24.5 Å². The summed E-state index contributed by atoms with van der Waals surface area (Å²) < 4.78 is 0. The lowest BCUT2D eigenvalue weighted by Gasteiger charge is -2.03. The van der Waals surface area contributed by atoms with Crippen molar-refractivity contribution in [2.45, 2.75) is 13.5 Å². The van der Waals surface area contributed by atoms with E-state index in [9.17, 15) is 45.7 Å². The predicted octanol–water partition coefficient (Wildman–Crippen LogP) is 0.637. The second kappa shape index (κ2) is 7.85. The van der Waals surface area contributed by atoms with Gasteiger partial charge in [-0.1, -0.05) is 0 Å². The highest BCUT2D eigenvalue weighted by molar-refractivity contribution is 5.82. The van der Waals surface area contributed by atoms with Gasteiger partial charge in [0.05, 0.1) is 26.4 Å². The Morgan fingerprint density at radius 3 is 2.24 bits per heavy atom. The zero-order valence-electron chi connectivity index (χ0n) is 14.2. The number of hydrogen-bond acceptors (Lipinski definition) is 12. The van der Waals surface area contributed by atoms with Crippen molar-refractivity contribution in [2.75, 3.05) is 5.43 Å². The van der Waals surface area contributed by atoms with E-state index in [-0.39, 0.29) is 11.4 Å². The molecule has 0 spiro atoms. The third-order valence-electron chi connectivity index (χ3n) is 3.27. The lowest BCUT2D eigenvalue weighted by Crippen LogP contribution is -2.41. The van der Waals surface area contributed by atoms with E-state index >= 15 is 0 Å². The van der Waals surface area contributed by atoms with Gasteiger partial charge in [-0.15, -0.1) is 0 Å². The Hall–Kier alpha value is -4.77. The fourth-order valence-corrected chi connectivity index (χ4v) is 2.03. The van der Waals surface area contributed by atoms with E-state index in [2.05, 4.69) is 15.6 Å². The SMILES string of the molecule is CC(Cn1nc([N+](=O)[O-])c([N+](=O)[O-])[n+]1[O-])=NNc1ccc([N+](=O)[O-])cc1[N+](=O)[O-]. The fourth-order valence-electron chi connectivity index (χ4n) is 2.03. The molecular weight excluding hydrogens is 402 g/mol. The molecule has 152 valence electrons. The first-order valence-electron chi connectivity index (χ1n) is 7.24. The number of nitrogens with zero attached hydrogens (tertiary/aromatic N) is 8. The number of hydrogen-bond donors (Lipinski definition) is 1. The van der Waals surface area contributed by atoms with Crippen molar-refractivity contribution in [3.05, 3.63) is 63.9 Å². The minimum Gasteiger partial charge on any atom is -0.588 e. The summed E-state index contributed by atoms with van der Waals surface area (Å²) in [6.45, 7) is 0.759. The smallest absolute Gasteiger partial charge is 0.588 e. The maximum absolute atomic E-state index is 11.8. The van der Waals surface area contributed by atoms with Gasteiger partial charge in [-0.05, 0) is 17.9 Å². The van der Waals surface area contributed by atoms with Gasteiger partial charge in [0, 0.05) is 10.9 Å². The summed E-state index contributed by atoms with van der Waals surface area (Å²) in [6, 6.07) is 2.73. The number of rotatable bonds is 8. The lowest BCUT2D eigenvalue weighted by molar-refractivity contribution is -0.736. The number of nitro groups is 4. The van der Waals surface area contributed by atoms with Crippen LogP contribution in [0.25, 0.3) is 0 Å². The minimum absolute atomic E-state index is 0.00505. The molecule has 0 bridgehead atoms. The average molecular weight is 411 g/mol. The first-order chi connectivity index (χ1) is 13.5. The normalized spacial score (nSPS) is 11.1. The summed E-state index contributed by atoms with van der Waals surface area (Å²) in [5.41, 5.74) is 0.876. The number of anilines is 1. The third kappa shape index (κ3) is 4.32. The van der Waals surface area contributed by atoms with Crippen molar-refractivity contribution in [3.63, 3.8) is 0 Å². The number of nitrogens with one attached hydrogen (secondary N) is 1. The molecule has 29 heavy (non-hydrogen) atoms. The number of nitro benzene ring substituents is 2. The summed E-state index contributed by atoms with van der Waals surface area (Å²) in [6.07, 6.45) is 0. The molecule has 0 saturated carbocycles. The molecule has 1 N–H and O–H groups in total. The molecule has 0 amide bonds. The zero-order chi connectivity index (χ0) is 21.9. The van der Waals surface area contributed by atoms with Gasteiger partial charge in [-0.3, -0.25) is 35.8 Å². The highest BCUT2D eigenvalue weighted by Crippen LogP contribution is 2.29. The second-order valence-electron chi connectivity index (χ2n) is 5.24.